The molecule has 0 aliphatic heterocycles. The van der Waals surface area contributed by atoms with Gasteiger partial charge in [-0.25, -0.2) is 9.18 Å². The number of alkyl halides is 3. The Hall–Kier alpha value is -2.03. The van der Waals surface area contributed by atoms with Crippen LogP contribution in [0.25, 0.3) is 0 Å². The molecule has 0 aliphatic carbocycles. The molecule has 5 nitrogen and oxygen atoms in total. The largest absolute Gasteiger partial charge is 0.480 e. The fraction of sp³-hybridized carbons (Fsp3) is 0.273. The molecule has 21 heavy (non-hydrogen) atoms. The van der Waals surface area contributed by atoms with Crippen LogP contribution in [0.15, 0.2) is 18.2 Å². The number of nitrogens with zero attached hydrogens (tertiary/aromatic N) is 1. The van der Waals surface area contributed by atoms with E-state index in [0.717, 1.165) is 6.07 Å². The van der Waals surface area contributed by atoms with Crippen molar-refractivity contribution in [1.29, 1.82) is 0 Å². The molecule has 0 unspecified atom stereocenters. The van der Waals surface area contributed by atoms with E-state index in [-0.39, 0.29) is 9.92 Å². The minimum atomic E-state index is -4.80. The number of carbonyl (C=O) groups excluding carboxylic acids is 1. The van der Waals surface area contributed by atoms with Crippen LogP contribution in [0.1, 0.15) is 0 Å². The van der Waals surface area contributed by atoms with Crippen molar-refractivity contribution in [3.63, 3.8) is 0 Å². The molecule has 0 saturated carbocycles. The fourth-order valence-corrected chi connectivity index (χ4v) is 1.59. The van der Waals surface area contributed by atoms with E-state index < -0.39 is 42.8 Å². The Kier molecular flexibility index (Phi) is 5.36. The third kappa shape index (κ3) is 5.46. The molecule has 0 fully saturated rings. The molecular formula is C11H9ClF4N2O3. The number of carboxylic acids is 1. The Balaban J connectivity index is 2.93. The summed E-state index contributed by atoms with van der Waals surface area (Å²) in [6.45, 7) is -2.99. The van der Waals surface area contributed by atoms with Gasteiger partial charge in [-0.3, -0.25) is 4.79 Å². The van der Waals surface area contributed by atoms with Gasteiger partial charge in [-0.15, -0.1) is 0 Å². The van der Waals surface area contributed by atoms with Gasteiger partial charge in [0.15, 0.2) is 0 Å². The van der Waals surface area contributed by atoms with Gasteiger partial charge in [0.2, 0.25) is 0 Å². The van der Waals surface area contributed by atoms with E-state index in [2.05, 4.69) is 0 Å². The predicted molar refractivity (Wildman–Crippen MR) is 65.7 cm³/mol. The highest BCUT2D eigenvalue weighted by molar-refractivity contribution is 6.33. The van der Waals surface area contributed by atoms with Crippen LogP contribution in [0.5, 0.6) is 0 Å². The molecular weight excluding hydrogens is 320 g/mol. The number of nitrogens with one attached hydrogen (secondary N) is 1. The lowest BCUT2D eigenvalue weighted by atomic mass is 10.3. The molecule has 0 heterocycles. The second-order valence-electron chi connectivity index (χ2n) is 3.89. The summed E-state index contributed by atoms with van der Waals surface area (Å²) >= 11 is 5.61. The molecule has 0 aliphatic rings. The molecule has 0 atom stereocenters. The smallest absolute Gasteiger partial charge is 0.406 e. The van der Waals surface area contributed by atoms with Gasteiger partial charge in [-0.05, 0) is 12.1 Å². The number of carboxylic acid groups (broad SMARTS) is 1. The van der Waals surface area contributed by atoms with Crippen LogP contribution in [0.4, 0.5) is 28.0 Å². The molecule has 0 radical (unpaired) electrons. The molecule has 0 bridgehead atoms. The monoisotopic (exact) mass is 328 g/mol. The lowest BCUT2D eigenvalue weighted by molar-refractivity contribution is -0.148. The van der Waals surface area contributed by atoms with Crippen molar-refractivity contribution < 1.29 is 32.3 Å². The maximum Gasteiger partial charge on any atom is 0.406 e. The topological polar surface area (TPSA) is 69.6 Å². The zero-order valence-electron chi connectivity index (χ0n) is 10.2. The van der Waals surface area contributed by atoms with E-state index in [9.17, 15) is 27.2 Å². The van der Waals surface area contributed by atoms with Crippen molar-refractivity contribution in [1.82, 2.24) is 4.90 Å². The van der Waals surface area contributed by atoms with Crippen molar-refractivity contribution in [2.24, 2.45) is 0 Å². The molecule has 1 rings (SSSR count). The van der Waals surface area contributed by atoms with Gasteiger partial charge in [-0.2, -0.15) is 13.2 Å². The number of hydrogen-bond acceptors (Lipinski definition) is 2. The number of anilines is 1. The van der Waals surface area contributed by atoms with Gasteiger partial charge < -0.3 is 15.3 Å². The number of para-hydroxylation sites is 1. The average molecular weight is 329 g/mol. The third-order valence-corrected chi connectivity index (χ3v) is 2.49. The summed E-state index contributed by atoms with van der Waals surface area (Å²) in [7, 11) is 0. The quantitative estimate of drug-likeness (QED) is 0.835. The van der Waals surface area contributed by atoms with Gasteiger partial charge in [-0.1, -0.05) is 17.7 Å². The molecule has 116 valence electrons. The summed E-state index contributed by atoms with van der Waals surface area (Å²) in [5.41, 5.74) is -0.526. The highest BCUT2D eigenvalue weighted by atomic mass is 35.5. The van der Waals surface area contributed by atoms with Gasteiger partial charge in [0.05, 0.1) is 10.7 Å². The highest BCUT2D eigenvalue weighted by Gasteiger charge is 2.34. The third-order valence-electron chi connectivity index (χ3n) is 2.18. The van der Waals surface area contributed by atoms with Gasteiger partial charge in [0, 0.05) is 0 Å². The number of aliphatic carboxylic acids is 1. The van der Waals surface area contributed by atoms with Crippen molar-refractivity contribution in [2.75, 3.05) is 18.4 Å². The summed E-state index contributed by atoms with van der Waals surface area (Å²) in [6.07, 6.45) is -4.80. The van der Waals surface area contributed by atoms with Crippen LogP contribution >= 0.6 is 11.6 Å². The first-order valence-electron chi connectivity index (χ1n) is 5.38. The number of hydrogen-bond donors (Lipinski definition) is 2. The van der Waals surface area contributed by atoms with E-state index in [4.69, 9.17) is 16.7 Å². The molecule has 2 N–H and O–H groups in total. The van der Waals surface area contributed by atoms with E-state index in [1.807, 2.05) is 5.32 Å². The van der Waals surface area contributed by atoms with Crippen molar-refractivity contribution in [3.05, 3.63) is 29.0 Å². The Morgan fingerprint density at radius 1 is 1.33 bits per heavy atom. The maximum absolute atomic E-state index is 13.4. The van der Waals surface area contributed by atoms with E-state index in [1.54, 1.807) is 0 Å². The Bertz CT molecular complexity index is 531. The zero-order valence-corrected chi connectivity index (χ0v) is 11.0. The van der Waals surface area contributed by atoms with Crippen molar-refractivity contribution >= 4 is 29.3 Å². The van der Waals surface area contributed by atoms with Crippen LogP contribution in [-0.2, 0) is 4.79 Å². The number of urea groups is 1. The molecule has 10 heteroatoms. The van der Waals surface area contributed by atoms with Crippen LogP contribution in [0.2, 0.25) is 5.02 Å². The molecule has 0 aromatic heterocycles. The van der Waals surface area contributed by atoms with Gasteiger partial charge in [0.1, 0.15) is 18.9 Å². The Morgan fingerprint density at radius 2 is 1.95 bits per heavy atom. The summed E-state index contributed by atoms with van der Waals surface area (Å²) in [5.74, 6) is -2.60. The fourth-order valence-electron chi connectivity index (χ4n) is 1.38. The predicted octanol–water partition coefficient (Wildman–Crippen LogP) is 2.96. The first-order valence-corrected chi connectivity index (χ1v) is 5.76. The van der Waals surface area contributed by atoms with Crippen LogP contribution in [0, 0.1) is 5.82 Å². The summed E-state index contributed by atoms with van der Waals surface area (Å²) in [5, 5.41) is 10.1. The van der Waals surface area contributed by atoms with Crippen LogP contribution < -0.4 is 5.32 Å². The maximum atomic E-state index is 13.4. The number of benzene rings is 1. The second-order valence-corrected chi connectivity index (χ2v) is 4.30. The van der Waals surface area contributed by atoms with E-state index >= 15 is 0 Å². The van der Waals surface area contributed by atoms with E-state index in [1.165, 1.54) is 12.1 Å². The highest BCUT2D eigenvalue weighted by Crippen LogP contribution is 2.25. The van der Waals surface area contributed by atoms with Gasteiger partial charge in [0.25, 0.3) is 0 Å². The molecule has 1 aromatic rings. The SMILES string of the molecule is O=C(O)CN(CC(F)(F)F)C(=O)Nc1c(F)cccc1Cl. The van der Waals surface area contributed by atoms with Gasteiger partial charge >= 0.3 is 18.2 Å². The Morgan fingerprint density at radius 3 is 2.43 bits per heavy atom. The molecule has 0 saturated heterocycles. The summed E-state index contributed by atoms with van der Waals surface area (Å²) < 4.78 is 50.3. The second kappa shape index (κ2) is 6.61. The minimum Gasteiger partial charge on any atom is -0.480 e. The summed E-state index contributed by atoms with van der Waals surface area (Å²) in [6, 6.07) is 1.96. The lowest BCUT2D eigenvalue weighted by Crippen LogP contribution is -2.44. The van der Waals surface area contributed by atoms with Crippen LogP contribution in [0.3, 0.4) is 0 Å². The number of amides is 2. The minimum absolute atomic E-state index is 0.0227. The zero-order chi connectivity index (χ0) is 16.2. The Labute approximate surface area is 121 Å². The molecule has 2 amide bonds. The molecule has 1 aromatic carbocycles. The van der Waals surface area contributed by atoms with Crippen LogP contribution in [-0.4, -0.2) is 41.3 Å². The average Bonchev–Trinajstić information content (AvgIpc) is 2.30. The lowest BCUT2D eigenvalue weighted by Gasteiger charge is -2.22. The number of rotatable bonds is 4. The first-order chi connectivity index (χ1) is 9.60. The van der Waals surface area contributed by atoms with Crippen molar-refractivity contribution in [2.45, 2.75) is 6.18 Å². The first kappa shape index (κ1) is 17.0. The molecule has 0 spiro atoms. The number of halogens is 5. The number of carbonyl (C=O) groups is 2. The normalized spacial score (nSPS) is 11.1. The van der Waals surface area contributed by atoms with Crippen molar-refractivity contribution in [3.8, 4) is 0 Å². The van der Waals surface area contributed by atoms with E-state index in [0.29, 0.717) is 0 Å². The summed E-state index contributed by atoms with van der Waals surface area (Å²) in [4.78, 5) is 22.1. The standard InChI is InChI=1S/C11H9ClF4N2O3/c12-6-2-1-3-7(13)9(6)17-10(21)18(4-8(19)20)5-11(14,15)16/h1-3H,4-5H2,(H,17,21)(H,19,20).